The Balaban J connectivity index is 1.99. The van der Waals surface area contributed by atoms with Gasteiger partial charge in [-0.1, -0.05) is 40.2 Å². The minimum Gasteiger partial charge on any atom is -0.497 e. The van der Waals surface area contributed by atoms with Crippen molar-refractivity contribution in [1.82, 2.24) is 0 Å². The van der Waals surface area contributed by atoms with E-state index in [1.807, 2.05) is 12.1 Å². The largest absolute Gasteiger partial charge is 0.497 e. The zero-order valence-electron chi connectivity index (χ0n) is 11.5. The van der Waals surface area contributed by atoms with E-state index in [0.717, 1.165) is 23.9 Å². The van der Waals surface area contributed by atoms with E-state index in [1.165, 1.54) is 14.7 Å². The van der Waals surface area contributed by atoms with E-state index in [9.17, 15) is 0 Å². The minimum atomic E-state index is 0.614. The van der Waals surface area contributed by atoms with E-state index in [0.29, 0.717) is 5.92 Å². The summed E-state index contributed by atoms with van der Waals surface area (Å²) in [6, 6.07) is 17.2. The lowest BCUT2D eigenvalue weighted by molar-refractivity contribution is 0.414. The molecular formula is C17H18BrIO. The highest BCUT2D eigenvalue weighted by molar-refractivity contribution is 14.1. The van der Waals surface area contributed by atoms with Crippen molar-refractivity contribution < 1.29 is 4.74 Å². The molecule has 0 aromatic heterocycles. The molecular weight excluding hydrogens is 427 g/mol. The maximum atomic E-state index is 5.20. The molecule has 0 bridgehead atoms. The van der Waals surface area contributed by atoms with Crippen LogP contribution >= 0.6 is 38.5 Å². The number of hydrogen-bond donors (Lipinski definition) is 0. The predicted molar refractivity (Wildman–Crippen MR) is 96.8 cm³/mol. The van der Waals surface area contributed by atoms with Crippen molar-refractivity contribution in [3.63, 3.8) is 0 Å². The van der Waals surface area contributed by atoms with Crippen LogP contribution in [0.15, 0.2) is 48.5 Å². The highest BCUT2D eigenvalue weighted by Gasteiger charge is 2.10. The molecule has 2 rings (SSSR count). The highest BCUT2D eigenvalue weighted by atomic mass is 127. The van der Waals surface area contributed by atoms with E-state index in [2.05, 4.69) is 74.9 Å². The van der Waals surface area contributed by atoms with Crippen molar-refractivity contribution in [2.75, 3.05) is 12.4 Å². The Hall–Kier alpha value is -0.550. The first-order valence-corrected chi connectivity index (χ1v) is 8.84. The van der Waals surface area contributed by atoms with Crippen molar-refractivity contribution >= 4 is 38.5 Å². The van der Waals surface area contributed by atoms with Gasteiger partial charge in [0.25, 0.3) is 0 Å². The molecule has 0 radical (unpaired) electrons. The SMILES string of the molecule is COc1ccc(CC(CBr)Cc2ccc(I)cc2)cc1. The number of hydrogen-bond acceptors (Lipinski definition) is 1. The fourth-order valence-corrected chi connectivity index (χ4v) is 3.05. The van der Waals surface area contributed by atoms with Crippen molar-refractivity contribution in [2.45, 2.75) is 12.8 Å². The number of benzene rings is 2. The molecule has 0 fully saturated rings. The number of methoxy groups -OCH3 is 1. The van der Waals surface area contributed by atoms with Gasteiger partial charge < -0.3 is 4.74 Å². The van der Waals surface area contributed by atoms with E-state index in [4.69, 9.17) is 4.74 Å². The number of halogens is 2. The molecule has 106 valence electrons. The summed E-state index contributed by atoms with van der Waals surface area (Å²) in [4.78, 5) is 0. The molecule has 0 amide bonds. The summed E-state index contributed by atoms with van der Waals surface area (Å²) in [7, 11) is 1.70. The maximum absolute atomic E-state index is 5.20. The van der Waals surface area contributed by atoms with Gasteiger partial charge >= 0.3 is 0 Å². The van der Waals surface area contributed by atoms with Gasteiger partial charge in [0.05, 0.1) is 7.11 Å². The molecule has 1 nitrogen and oxygen atoms in total. The fourth-order valence-electron chi connectivity index (χ4n) is 2.23. The van der Waals surface area contributed by atoms with Gasteiger partial charge in [0.2, 0.25) is 0 Å². The maximum Gasteiger partial charge on any atom is 0.118 e. The van der Waals surface area contributed by atoms with Gasteiger partial charge in [0, 0.05) is 8.90 Å². The van der Waals surface area contributed by atoms with E-state index >= 15 is 0 Å². The van der Waals surface area contributed by atoms with Gasteiger partial charge in [0.1, 0.15) is 5.75 Å². The van der Waals surface area contributed by atoms with Gasteiger partial charge in [0.15, 0.2) is 0 Å². The summed E-state index contributed by atoms with van der Waals surface area (Å²) >= 11 is 5.99. The van der Waals surface area contributed by atoms with Crippen LogP contribution < -0.4 is 4.74 Å². The second-order valence-corrected chi connectivity index (χ2v) is 6.80. The summed E-state index contributed by atoms with van der Waals surface area (Å²) in [5, 5.41) is 1.02. The summed E-state index contributed by atoms with van der Waals surface area (Å²) < 4.78 is 6.49. The van der Waals surface area contributed by atoms with Crippen LogP contribution in [-0.4, -0.2) is 12.4 Å². The van der Waals surface area contributed by atoms with Gasteiger partial charge in [-0.15, -0.1) is 0 Å². The third-order valence-electron chi connectivity index (χ3n) is 3.34. The van der Waals surface area contributed by atoms with Gasteiger partial charge in [-0.05, 0) is 76.7 Å². The molecule has 2 aromatic carbocycles. The summed E-state index contributed by atoms with van der Waals surface area (Å²) in [5.74, 6) is 1.53. The average Bonchev–Trinajstić information content (AvgIpc) is 2.49. The van der Waals surface area contributed by atoms with Crippen molar-refractivity contribution in [3.05, 3.63) is 63.2 Å². The zero-order valence-corrected chi connectivity index (χ0v) is 15.2. The summed E-state index contributed by atoms with van der Waals surface area (Å²) in [5.41, 5.74) is 2.77. The monoisotopic (exact) mass is 444 g/mol. The molecule has 0 saturated carbocycles. The Kier molecular flexibility index (Phi) is 6.36. The van der Waals surface area contributed by atoms with E-state index in [1.54, 1.807) is 7.11 Å². The molecule has 0 aliphatic heterocycles. The van der Waals surface area contributed by atoms with Crippen LogP contribution in [-0.2, 0) is 12.8 Å². The molecule has 0 saturated heterocycles. The Morgan fingerprint density at radius 1 is 0.950 bits per heavy atom. The number of rotatable bonds is 6. The highest BCUT2D eigenvalue weighted by Crippen LogP contribution is 2.19. The predicted octanol–water partition coefficient (Wildman–Crippen LogP) is 5.10. The molecule has 2 aromatic rings. The van der Waals surface area contributed by atoms with Crippen LogP contribution in [0.25, 0.3) is 0 Å². The second-order valence-electron chi connectivity index (χ2n) is 4.90. The quantitative estimate of drug-likeness (QED) is 0.445. The standard InChI is InChI=1S/C17H18BrIO/c1-20-17-8-4-14(5-9-17)11-15(12-18)10-13-2-6-16(19)7-3-13/h2-9,15H,10-12H2,1H3. The zero-order chi connectivity index (χ0) is 14.4. The first-order chi connectivity index (χ1) is 9.71. The minimum absolute atomic E-state index is 0.614. The second kappa shape index (κ2) is 8.03. The first-order valence-electron chi connectivity index (χ1n) is 6.64. The lowest BCUT2D eigenvalue weighted by Crippen LogP contribution is -2.10. The first kappa shape index (κ1) is 15.8. The van der Waals surface area contributed by atoms with Crippen LogP contribution in [0.2, 0.25) is 0 Å². The van der Waals surface area contributed by atoms with Crippen molar-refractivity contribution in [2.24, 2.45) is 5.92 Å². The molecule has 1 atom stereocenters. The molecule has 0 heterocycles. The third kappa shape index (κ3) is 4.77. The van der Waals surface area contributed by atoms with E-state index in [-0.39, 0.29) is 0 Å². The smallest absolute Gasteiger partial charge is 0.118 e. The Labute approximate surface area is 143 Å². The van der Waals surface area contributed by atoms with Gasteiger partial charge in [-0.25, -0.2) is 0 Å². The van der Waals surface area contributed by atoms with Crippen LogP contribution in [0, 0.1) is 9.49 Å². The lowest BCUT2D eigenvalue weighted by atomic mass is 9.94. The fraction of sp³-hybridized carbons (Fsp3) is 0.294. The molecule has 0 aliphatic carbocycles. The molecule has 0 spiro atoms. The molecule has 0 aliphatic rings. The topological polar surface area (TPSA) is 9.23 Å². The number of alkyl halides is 1. The number of ether oxygens (including phenoxy) is 1. The normalized spacial score (nSPS) is 12.2. The van der Waals surface area contributed by atoms with Crippen LogP contribution in [0.4, 0.5) is 0 Å². The van der Waals surface area contributed by atoms with Crippen LogP contribution in [0.1, 0.15) is 11.1 Å². The Bertz CT molecular complexity index is 522. The van der Waals surface area contributed by atoms with Crippen molar-refractivity contribution in [1.29, 1.82) is 0 Å². The van der Waals surface area contributed by atoms with Crippen LogP contribution in [0.5, 0.6) is 5.75 Å². The van der Waals surface area contributed by atoms with E-state index < -0.39 is 0 Å². The summed E-state index contributed by atoms with van der Waals surface area (Å²) in [6.07, 6.45) is 2.19. The molecule has 20 heavy (non-hydrogen) atoms. The molecule has 1 unspecified atom stereocenters. The Morgan fingerprint density at radius 3 is 1.90 bits per heavy atom. The van der Waals surface area contributed by atoms with Crippen molar-refractivity contribution in [3.8, 4) is 5.75 Å². The van der Waals surface area contributed by atoms with Crippen LogP contribution in [0.3, 0.4) is 0 Å². The summed E-state index contributed by atoms with van der Waals surface area (Å²) in [6.45, 7) is 0. The third-order valence-corrected chi connectivity index (χ3v) is 4.97. The lowest BCUT2D eigenvalue weighted by Gasteiger charge is -2.14. The Morgan fingerprint density at radius 2 is 1.45 bits per heavy atom. The average molecular weight is 445 g/mol. The van der Waals surface area contributed by atoms with Gasteiger partial charge in [-0.3, -0.25) is 0 Å². The molecule has 3 heteroatoms. The molecule has 0 N–H and O–H groups in total. The van der Waals surface area contributed by atoms with Gasteiger partial charge in [-0.2, -0.15) is 0 Å².